The lowest BCUT2D eigenvalue weighted by Crippen LogP contribution is -2.69. The monoisotopic (exact) mass is 298 g/mol. The zero-order valence-electron chi connectivity index (χ0n) is 10.7. The van der Waals surface area contributed by atoms with Crippen LogP contribution in [0.1, 0.15) is 12.8 Å². The van der Waals surface area contributed by atoms with Crippen LogP contribution >= 0.6 is 11.6 Å². The van der Waals surface area contributed by atoms with Crippen molar-refractivity contribution >= 4 is 23.1 Å². The van der Waals surface area contributed by atoms with Crippen molar-refractivity contribution < 1.29 is 9.66 Å². The lowest BCUT2D eigenvalue weighted by molar-refractivity contribution is -0.384. The van der Waals surface area contributed by atoms with Crippen molar-refractivity contribution in [2.24, 2.45) is 11.7 Å². The van der Waals surface area contributed by atoms with E-state index < -0.39 is 4.92 Å². The normalized spacial score (nSPS) is 32.1. The highest BCUT2D eigenvalue weighted by Gasteiger charge is 2.51. The molecule has 8 heteroatoms. The molecule has 20 heavy (non-hydrogen) atoms. The smallest absolute Gasteiger partial charge is 0.312 e. The molecule has 0 spiro atoms. The van der Waals surface area contributed by atoms with Crippen molar-refractivity contribution in [1.82, 2.24) is 4.98 Å². The van der Waals surface area contributed by atoms with E-state index in [1.54, 1.807) is 0 Å². The topological polar surface area (TPSA) is 103 Å². The second kappa shape index (κ2) is 5.16. The highest BCUT2D eigenvalue weighted by atomic mass is 35.5. The minimum atomic E-state index is -0.509. The summed E-state index contributed by atoms with van der Waals surface area (Å²) in [5.74, 6) is 0.514. The van der Waals surface area contributed by atoms with Crippen molar-refractivity contribution in [3.05, 3.63) is 27.4 Å². The Balaban J connectivity index is 1.80. The maximum atomic E-state index is 11.0. The Morgan fingerprint density at radius 2 is 2.40 bits per heavy atom. The fourth-order valence-electron chi connectivity index (χ4n) is 2.96. The third-order valence-corrected chi connectivity index (χ3v) is 4.22. The van der Waals surface area contributed by atoms with E-state index in [0.29, 0.717) is 12.5 Å². The Morgan fingerprint density at radius 3 is 3.15 bits per heavy atom. The number of fused-ring (bicyclic) bond motifs is 1. The first kappa shape index (κ1) is 13.5. The fourth-order valence-corrected chi connectivity index (χ4v) is 3.11. The summed E-state index contributed by atoms with van der Waals surface area (Å²) < 4.78 is 5.69. The molecular formula is C12H15ClN4O3. The molecule has 108 valence electrons. The van der Waals surface area contributed by atoms with E-state index in [1.807, 2.05) is 0 Å². The van der Waals surface area contributed by atoms with Gasteiger partial charge in [0.05, 0.1) is 22.1 Å². The Bertz CT molecular complexity index is 541. The van der Waals surface area contributed by atoms with Gasteiger partial charge in [-0.05, 0) is 12.8 Å². The first-order valence-electron chi connectivity index (χ1n) is 6.51. The van der Waals surface area contributed by atoms with E-state index in [2.05, 4.69) is 10.3 Å². The van der Waals surface area contributed by atoms with Crippen LogP contribution in [0.5, 0.6) is 0 Å². The summed E-state index contributed by atoms with van der Waals surface area (Å²) in [4.78, 5) is 14.5. The maximum Gasteiger partial charge on any atom is 0.312 e. The Hall–Kier alpha value is -1.44. The zero-order valence-corrected chi connectivity index (χ0v) is 11.4. The van der Waals surface area contributed by atoms with Crippen molar-refractivity contribution in [2.75, 3.05) is 11.9 Å². The minimum Gasteiger partial charge on any atom is -0.376 e. The molecule has 1 aliphatic heterocycles. The molecule has 7 nitrogen and oxygen atoms in total. The van der Waals surface area contributed by atoms with Crippen molar-refractivity contribution in [1.29, 1.82) is 0 Å². The van der Waals surface area contributed by atoms with Crippen LogP contribution in [-0.2, 0) is 4.74 Å². The van der Waals surface area contributed by atoms with Crippen LogP contribution < -0.4 is 11.1 Å². The summed E-state index contributed by atoms with van der Waals surface area (Å²) in [5.41, 5.74) is 5.97. The van der Waals surface area contributed by atoms with Gasteiger partial charge in [0.1, 0.15) is 0 Å². The summed E-state index contributed by atoms with van der Waals surface area (Å²) in [7, 11) is 0. The minimum absolute atomic E-state index is 0.0100. The van der Waals surface area contributed by atoms with E-state index in [4.69, 9.17) is 22.1 Å². The Morgan fingerprint density at radius 1 is 1.60 bits per heavy atom. The zero-order chi connectivity index (χ0) is 14.3. The molecule has 3 N–H and O–H groups in total. The lowest BCUT2D eigenvalue weighted by Gasteiger charge is -2.52. The molecule has 1 aromatic rings. The second-order valence-electron chi connectivity index (χ2n) is 5.17. The van der Waals surface area contributed by atoms with Gasteiger partial charge in [-0.15, -0.1) is 0 Å². The van der Waals surface area contributed by atoms with Crippen LogP contribution in [0.3, 0.4) is 0 Å². The summed E-state index contributed by atoms with van der Waals surface area (Å²) in [5, 5.41) is 14.3. The number of nitrogens with one attached hydrogen (secondary N) is 1. The number of nitrogens with zero attached hydrogens (tertiary/aromatic N) is 2. The van der Waals surface area contributed by atoms with Gasteiger partial charge in [-0.1, -0.05) is 11.6 Å². The van der Waals surface area contributed by atoms with Crippen LogP contribution in [0.25, 0.3) is 0 Å². The van der Waals surface area contributed by atoms with E-state index in [0.717, 1.165) is 12.8 Å². The highest BCUT2D eigenvalue weighted by Crippen LogP contribution is 2.39. The summed E-state index contributed by atoms with van der Waals surface area (Å²) in [6, 6.07) is 1.06. The van der Waals surface area contributed by atoms with Gasteiger partial charge in [0.2, 0.25) is 5.82 Å². The molecule has 4 unspecified atom stereocenters. The molecular weight excluding hydrogens is 284 g/mol. The first-order valence-corrected chi connectivity index (χ1v) is 6.89. The van der Waals surface area contributed by atoms with Crippen molar-refractivity contribution in [3.8, 4) is 0 Å². The molecule has 2 heterocycles. The molecule has 2 fully saturated rings. The molecule has 1 aromatic heterocycles. The van der Waals surface area contributed by atoms with Crippen molar-refractivity contribution in [3.63, 3.8) is 0 Å². The largest absolute Gasteiger partial charge is 0.376 e. The van der Waals surface area contributed by atoms with Crippen LogP contribution in [0.15, 0.2) is 12.3 Å². The van der Waals surface area contributed by atoms with E-state index in [1.165, 1.54) is 12.3 Å². The number of aromatic nitrogens is 1. The lowest BCUT2D eigenvalue weighted by atomic mass is 9.68. The summed E-state index contributed by atoms with van der Waals surface area (Å²) in [6.45, 7) is 0.711. The van der Waals surface area contributed by atoms with Gasteiger partial charge in [0.25, 0.3) is 0 Å². The van der Waals surface area contributed by atoms with Gasteiger partial charge < -0.3 is 15.8 Å². The quantitative estimate of drug-likeness (QED) is 0.648. The predicted molar refractivity (Wildman–Crippen MR) is 73.8 cm³/mol. The number of anilines is 1. The average Bonchev–Trinajstić information content (AvgIpc) is 2.45. The molecule has 1 saturated carbocycles. The summed E-state index contributed by atoms with van der Waals surface area (Å²) >= 11 is 5.74. The van der Waals surface area contributed by atoms with Gasteiger partial charge in [0, 0.05) is 30.8 Å². The third kappa shape index (κ3) is 2.21. The van der Waals surface area contributed by atoms with E-state index >= 15 is 0 Å². The van der Waals surface area contributed by atoms with Gasteiger partial charge in [-0.3, -0.25) is 10.1 Å². The summed E-state index contributed by atoms with van der Waals surface area (Å²) in [6.07, 6.45) is 3.44. The molecule has 0 aromatic carbocycles. The standard InChI is InChI=1S/C12H15ClN4O3/c13-6-4-8(17(18)19)12(15-5-6)16-10-9(14)7-2-1-3-20-11(7)10/h4-5,7,9-11H,1-3,14H2,(H,15,16). The fraction of sp³-hybridized carbons (Fsp3) is 0.583. The Kier molecular flexibility index (Phi) is 3.49. The van der Waals surface area contributed by atoms with Crippen LogP contribution in [0.2, 0.25) is 5.02 Å². The van der Waals surface area contributed by atoms with Gasteiger partial charge >= 0.3 is 5.69 Å². The van der Waals surface area contributed by atoms with Gasteiger partial charge in [-0.25, -0.2) is 4.98 Å². The number of hydrogen-bond donors (Lipinski definition) is 2. The average molecular weight is 299 g/mol. The van der Waals surface area contributed by atoms with Gasteiger partial charge in [-0.2, -0.15) is 0 Å². The van der Waals surface area contributed by atoms with Crippen LogP contribution in [0, 0.1) is 16.0 Å². The number of ether oxygens (including phenoxy) is 1. The molecule has 0 bridgehead atoms. The highest BCUT2D eigenvalue weighted by molar-refractivity contribution is 6.30. The molecule has 3 rings (SSSR count). The first-order chi connectivity index (χ1) is 9.58. The number of hydrogen-bond acceptors (Lipinski definition) is 6. The second-order valence-corrected chi connectivity index (χ2v) is 5.60. The number of nitro groups is 1. The number of rotatable bonds is 3. The molecule has 4 atom stereocenters. The SMILES string of the molecule is NC1C2CCCOC2C1Nc1ncc(Cl)cc1[N+](=O)[O-]. The van der Waals surface area contributed by atoms with Gasteiger partial charge in [0.15, 0.2) is 0 Å². The third-order valence-electron chi connectivity index (χ3n) is 4.01. The maximum absolute atomic E-state index is 11.0. The molecule has 2 aliphatic rings. The van der Waals surface area contributed by atoms with Crippen LogP contribution in [0.4, 0.5) is 11.5 Å². The number of pyridine rings is 1. The number of nitrogens with two attached hydrogens (primary N) is 1. The van der Waals surface area contributed by atoms with E-state index in [-0.39, 0.29) is 34.7 Å². The molecule has 1 saturated heterocycles. The van der Waals surface area contributed by atoms with Crippen LogP contribution in [-0.4, -0.2) is 34.7 Å². The Labute approximate surface area is 120 Å². The predicted octanol–water partition coefficient (Wildman–Crippen LogP) is 1.56. The van der Waals surface area contributed by atoms with Crippen molar-refractivity contribution in [2.45, 2.75) is 31.0 Å². The molecule has 0 amide bonds. The number of halogens is 1. The van der Waals surface area contributed by atoms with E-state index in [9.17, 15) is 10.1 Å². The molecule has 1 aliphatic carbocycles. The molecule has 0 radical (unpaired) electrons.